The number of ketones is 1. The van der Waals surface area contributed by atoms with E-state index in [2.05, 4.69) is 0 Å². The van der Waals surface area contributed by atoms with Crippen molar-refractivity contribution in [3.05, 3.63) is 33.4 Å². The Morgan fingerprint density at radius 3 is 2.67 bits per heavy atom. The third-order valence-electron chi connectivity index (χ3n) is 1.99. The number of hydrogen-bond acceptors (Lipinski definition) is 4. The van der Waals surface area contributed by atoms with Crippen molar-refractivity contribution >= 4 is 28.8 Å². The molecule has 0 aromatic heterocycles. The number of aryl methyl sites for hydroxylation is 1. The fraction of sp³-hybridized carbons (Fsp3) is 0.222. The van der Waals surface area contributed by atoms with Gasteiger partial charge in [0, 0.05) is 11.6 Å². The van der Waals surface area contributed by atoms with Gasteiger partial charge in [0.05, 0.1) is 10.8 Å². The molecular formula is C9H9ClN2O3. The van der Waals surface area contributed by atoms with E-state index in [4.69, 9.17) is 17.3 Å². The lowest BCUT2D eigenvalue weighted by molar-refractivity contribution is -0.383. The van der Waals surface area contributed by atoms with Gasteiger partial charge in [0.25, 0.3) is 5.69 Å². The highest BCUT2D eigenvalue weighted by Crippen LogP contribution is 2.25. The molecule has 0 spiro atoms. The van der Waals surface area contributed by atoms with Gasteiger partial charge in [-0.1, -0.05) is 0 Å². The molecule has 1 rings (SSSR count). The lowest BCUT2D eigenvalue weighted by Crippen LogP contribution is -2.06. The number of anilines is 1. The van der Waals surface area contributed by atoms with E-state index in [0.717, 1.165) is 6.07 Å². The van der Waals surface area contributed by atoms with Crippen LogP contribution in [0, 0.1) is 17.0 Å². The van der Waals surface area contributed by atoms with Gasteiger partial charge in [0.15, 0.2) is 5.78 Å². The van der Waals surface area contributed by atoms with Crippen molar-refractivity contribution in [3.8, 4) is 0 Å². The SMILES string of the molecule is Cc1cc(N)c([N+](=O)[O-])cc1C(=O)CCl. The zero-order chi connectivity index (χ0) is 11.6. The number of Topliss-reactive ketones (excluding diaryl/α,β-unsaturated/α-hetero) is 1. The van der Waals surface area contributed by atoms with Crippen LogP contribution in [0.25, 0.3) is 0 Å². The normalized spacial score (nSPS) is 10.0. The first-order valence-electron chi connectivity index (χ1n) is 4.11. The molecule has 5 nitrogen and oxygen atoms in total. The lowest BCUT2D eigenvalue weighted by Gasteiger charge is -2.04. The van der Waals surface area contributed by atoms with Crippen LogP contribution < -0.4 is 5.73 Å². The smallest absolute Gasteiger partial charge is 0.292 e. The molecule has 0 amide bonds. The van der Waals surface area contributed by atoms with Crippen LogP contribution in [-0.2, 0) is 0 Å². The Bertz CT molecular complexity index is 432. The minimum atomic E-state index is -0.625. The third kappa shape index (κ3) is 2.24. The van der Waals surface area contributed by atoms with Crippen molar-refractivity contribution in [1.29, 1.82) is 0 Å². The number of hydrogen-bond donors (Lipinski definition) is 1. The number of carbonyl (C=O) groups excluding carboxylic acids is 1. The van der Waals surface area contributed by atoms with Gasteiger partial charge < -0.3 is 5.73 Å². The number of halogens is 1. The standard InChI is InChI=1S/C9H9ClN2O3/c1-5-2-7(11)8(12(14)15)3-6(5)9(13)4-10/h2-3H,4,11H2,1H3. The molecule has 0 aliphatic carbocycles. The predicted octanol–water partition coefficient (Wildman–Crippen LogP) is 1.91. The highest BCUT2D eigenvalue weighted by atomic mass is 35.5. The van der Waals surface area contributed by atoms with Crippen molar-refractivity contribution in [3.63, 3.8) is 0 Å². The summed E-state index contributed by atoms with van der Waals surface area (Å²) in [6, 6.07) is 2.56. The fourth-order valence-electron chi connectivity index (χ4n) is 1.25. The molecule has 0 atom stereocenters. The topological polar surface area (TPSA) is 86.2 Å². The van der Waals surface area contributed by atoms with E-state index in [1.54, 1.807) is 6.92 Å². The predicted molar refractivity (Wildman–Crippen MR) is 57.3 cm³/mol. The molecule has 0 radical (unpaired) electrons. The number of rotatable bonds is 3. The summed E-state index contributed by atoms with van der Waals surface area (Å²) in [6.07, 6.45) is 0. The molecule has 15 heavy (non-hydrogen) atoms. The number of nitrogens with two attached hydrogens (primary N) is 1. The first kappa shape index (κ1) is 11.5. The zero-order valence-corrected chi connectivity index (χ0v) is 8.75. The fourth-order valence-corrected chi connectivity index (χ4v) is 1.39. The number of benzene rings is 1. The van der Waals surface area contributed by atoms with Crippen molar-refractivity contribution in [2.45, 2.75) is 6.92 Å². The summed E-state index contributed by atoms with van der Waals surface area (Å²) in [7, 11) is 0. The van der Waals surface area contributed by atoms with Gasteiger partial charge in [-0.2, -0.15) is 0 Å². The van der Waals surface area contributed by atoms with Crippen molar-refractivity contribution in [1.82, 2.24) is 0 Å². The van der Waals surface area contributed by atoms with Gasteiger partial charge in [-0.15, -0.1) is 11.6 Å². The summed E-state index contributed by atoms with van der Waals surface area (Å²) in [6.45, 7) is 1.65. The van der Waals surface area contributed by atoms with Gasteiger partial charge in [0.1, 0.15) is 5.69 Å². The van der Waals surface area contributed by atoms with Crippen molar-refractivity contribution in [2.75, 3.05) is 11.6 Å². The number of nitrogen functional groups attached to an aromatic ring is 1. The minimum absolute atomic E-state index is 0.0450. The van der Waals surface area contributed by atoms with Gasteiger partial charge in [0.2, 0.25) is 0 Å². The summed E-state index contributed by atoms with van der Waals surface area (Å²) in [5.41, 5.74) is 6.05. The zero-order valence-electron chi connectivity index (χ0n) is 7.99. The molecule has 1 aromatic rings. The van der Waals surface area contributed by atoms with Crippen LogP contribution >= 0.6 is 11.6 Å². The maximum atomic E-state index is 11.3. The van der Waals surface area contributed by atoms with Crippen LogP contribution in [0.3, 0.4) is 0 Å². The molecule has 1 aromatic carbocycles. The summed E-state index contributed by atoms with van der Waals surface area (Å²) in [4.78, 5) is 21.3. The van der Waals surface area contributed by atoms with E-state index in [1.165, 1.54) is 6.07 Å². The number of nitrogens with zero attached hydrogens (tertiary/aromatic N) is 1. The maximum Gasteiger partial charge on any atom is 0.292 e. The van der Waals surface area contributed by atoms with Crippen LogP contribution in [0.5, 0.6) is 0 Å². The Morgan fingerprint density at radius 2 is 2.20 bits per heavy atom. The second-order valence-corrected chi connectivity index (χ2v) is 3.31. The second kappa shape index (κ2) is 4.27. The van der Waals surface area contributed by atoms with Crippen LogP contribution in [-0.4, -0.2) is 16.6 Å². The lowest BCUT2D eigenvalue weighted by atomic mass is 10.0. The molecule has 0 heterocycles. The van der Waals surface area contributed by atoms with E-state index < -0.39 is 4.92 Å². The molecule has 0 aliphatic rings. The molecule has 0 unspecified atom stereocenters. The highest BCUT2D eigenvalue weighted by molar-refractivity contribution is 6.30. The minimum Gasteiger partial charge on any atom is -0.393 e. The molecule has 80 valence electrons. The third-order valence-corrected chi connectivity index (χ3v) is 2.23. The van der Waals surface area contributed by atoms with Crippen LogP contribution in [0.1, 0.15) is 15.9 Å². The van der Waals surface area contributed by atoms with Crippen molar-refractivity contribution in [2.24, 2.45) is 0 Å². The Kier molecular flexibility index (Phi) is 3.26. The quantitative estimate of drug-likeness (QED) is 0.281. The number of alkyl halides is 1. The van der Waals surface area contributed by atoms with Gasteiger partial charge in [-0.05, 0) is 18.6 Å². The second-order valence-electron chi connectivity index (χ2n) is 3.04. The molecule has 0 aliphatic heterocycles. The Morgan fingerprint density at radius 1 is 1.60 bits per heavy atom. The average Bonchev–Trinajstić information content (AvgIpc) is 2.16. The van der Waals surface area contributed by atoms with Crippen LogP contribution in [0.4, 0.5) is 11.4 Å². The van der Waals surface area contributed by atoms with E-state index >= 15 is 0 Å². The van der Waals surface area contributed by atoms with Gasteiger partial charge >= 0.3 is 0 Å². The Hall–Kier alpha value is -1.62. The summed E-state index contributed by atoms with van der Waals surface area (Å²) in [5.74, 6) is -0.556. The molecule has 0 saturated carbocycles. The highest BCUT2D eigenvalue weighted by Gasteiger charge is 2.17. The van der Waals surface area contributed by atoms with Crippen LogP contribution in [0.2, 0.25) is 0 Å². The molecule has 6 heteroatoms. The maximum absolute atomic E-state index is 11.3. The first-order valence-corrected chi connectivity index (χ1v) is 4.64. The van der Waals surface area contributed by atoms with Gasteiger partial charge in [-0.3, -0.25) is 14.9 Å². The number of nitro benzene ring substituents is 1. The van der Waals surface area contributed by atoms with E-state index in [1.807, 2.05) is 0 Å². The Labute approximate surface area is 91.0 Å². The molecule has 2 N–H and O–H groups in total. The summed E-state index contributed by atoms with van der Waals surface area (Å²) in [5, 5.41) is 10.6. The summed E-state index contributed by atoms with van der Waals surface area (Å²) >= 11 is 5.38. The largest absolute Gasteiger partial charge is 0.393 e. The number of nitro groups is 1. The van der Waals surface area contributed by atoms with Crippen LogP contribution in [0.15, 0.2) is 12.1 Å². The molecule has 0 saturated heterocycles. The van der Waals surface area contributed by atoms with E-state index in [-0.39, 0.29) is 28.6 Å². The summed E-state index contributed by atoms with van der Waals surface area (Å²) < 4.78 is 0. The molecule has 0 bridgehead atoms. The number of carbonyl (C=O) groups is 1. The molecule has 0 fully saturated rings. The Balaban J connectivity index is 3.36. The first-order chi connectivity index (χ1) is 6.97. The van der Waals surface area contributed by atoms with E-state index in [9.17, 15) is 14.9 Å². The monoisotopic (exact) mass is 228 g/mol. The van der Waals surface area contributed by atoms with Crippen molar-refractivity contribution < 1.29 is 9.72 Å². The van der Waals surface area contributed by atoms with Gasteiger partial charge in [-0.25, -0.2) is 0 Å². The molecular weight excluding hydrogens is 220 g/mol. The average molecular weight is 229 g/mol. The van der Waals surface area contributed by atoms with E-state index in [0.29, 0.717) is 5.56 Å².